The summed E-state index contributed by atoms with van der Waals surface area (Å²) < 4.78 is 38.2. The van der Waals surface area contributed by atoms with E-state index in [0.717, 1.165) is 6.07 Å². The molecule has 1 aromatic rings. The second kappa shape index (κ2) is 4.70. The molecule has 1 atom stereocenters. The molecule has 6 N–H and O–H groups in total. The van der Waals surface area contributed by atoms with Crippen molar-refractivity contribution in [2.45, 2.75) is 19.2 Å². The van der Waals surface area contributed by atoms with E-state index < -0.39 is 17.8 Å². The third kappa shape index (κ3) is 3.42. The van der Waals surface area contributed by atoms with Crippen molar-refractivity contribution in [1.82, 2.24) is 0 Å². The summed E-state index contributed by atoms with van der Waals surface area (Å²) in [5.41, 5.74) is 9.46. The first kappa shape index (κ1) is 13.4. The zero-order valence-electron chi connectivity index (χ0n) is 9.17. The Hall–Kier alpha value is -1.63. The molecular weight excluding hydrogens is 235 g/mol. The van der Waals surface area contributed by atoms with Gasteiger partial charge in [0.2, 0.25) is 0 Å². The second-order valence-corrected chi connectivity index (χ2v) is 3.76. The number of rotatable bonds is 3. The molecule has 0 aliphatic carbocycles. The van der Waals surface area contributed by atoms with Crippen LogP contribution in [-0.4, -0.2) is 17.8 Å². The molecule has 0 saturated carbocycles. The number of nitrogens with one attached hydrogen (secondary N) is 1. The van der Waals surface area contributed by atoms with Gasteiger partial charge in [0.05, 0.1) is 23.0 Å². The van der Waals surface area contributed by atoms with E-state index in [4.69, 9.17) is 16.6 Å². The number of hydrogen-bond acceptors (Lipinski definition) is 4. The quantitative estimate of drug-likeness (QED) is 0.614. The average molecular weight is 249 g/mol. The van der Waals surface area contributed by atoms with Gasteiger partial charge in [-0.3, -0.25) is 0 Å². The molecule has 0 aromatic heterocycles. The number of alkyl halides is 3. The van der Waals surface area contributed by atoms with E-state index in [0.29, 0.717) is 0 Å². The zero-order valence-corrected chi connectivity index (χ0v) is 9.17. The fraction of sp³-hybridized carbons (Fsp3) is 0.400. The van der Waals surface area contributed by atoms with Crippen molar-refractivity contribution < 1.29 is 18.3 Å². The van der Waals surface area contributed by atoms with Crippen LogP contribution in [0.2, 0.25) is 0 Å². The molecule has 0 fully saturated rings. The van der Waals surface area contributed by atoms with Crippen LogP contribution in [0.5, 0.6) is 0 Å². The minimum atomic E-state index is -4.55. The number of aliphatic hydroxyl groups excluding tert-OH is 1. The van der Waals surface area contributed by atoms with Crippen LogP contribution in [0.4, 0.5) is 30.2 Å². The third-order valence-corrected chi connectivity index (χ3v) is 2.07. The number of anilines is 3. The lowest BCUT2D eigenvalue weighted by Gasteiger charge is -2.18. The van der Waals surface area contributed by atoms with Crippen LogP contribution in [0.15, 0.2) is 12.1 Å². The van der Waals surface area contributed by atoms with Crippen molar-refractivity contribution >= 4 is 17.1 Å². The Morgan fingerprint density at radius 3 is 2.41 bits per heavy atom. The first-order valence-corrected chi connectivity index (χ1v) is 4.90. The van der Waals surface area contributed by atoms with Crippen LogP contribution < -0.4 is 16.8 Å². The number of benzene rings is 1. The van der Waals surface area contributed by atoms with Gasteiger partial charge in [-0.2, -0.15) is 13.2 Å². The summed E-state index contributed by atoms with van der Waals surface area (Å²) in [4.78, 5) is 0. The highest BCUT2D eigenvalue weighted by molar-refractivity contribution is 5.75. The molecule has 0 aliphatic rings. The van der Waals surface area contributed by atoms with Gasteiger partial charge >= 0.3 is 6.18 Å². The Bertz CT molecular complexity index is 405. The van der Waals surface area contributed by atoms with Gasteiger partial charge in [0.25, 0.3) is 0 Å². The van der Waals surface area contributed by atoms with E-state index >= 15 is 0 Å². The standard InChI is InChI=1S/C10H14F3N3O/c1-5(17)4-16-9-7(10(11,12)13)2-6(14)3-8(9)15/h2-3,5,16-17H,4,14-15H2,1H3. The average Bonchev–Trinajstić information content (AvgIpc) is 2.13. The Kier molecular flexibility index (Phi) is 3.72. The summed E-state index contributed by atoms with van der Waals surface area (Å²) in [6.45, 7) is 1.42. The topological polar surface area (TPSA) is 84.3 Å². The lowest BCUT2D eigenvalue weighted by molar-refractivity contribution is -0.136. The fourth-order valence-corrected chi connectivity index (χ4v) is 1.36. The van der Waals surface area contributed by atoms with Gasteiger partial charge < -0.3 is 21.9 Å². The van der Waals surface area contributed by atoms with Gasteiger partial charge in [0.1, 0.15) is 0 Å². The molecule has 7 heteroatoms. The molecule has 0 bridgehead atoms. The van der Waals surface area contributed by atoms with Crippen molar-refractivity contribution in [3.63, 3.8) is 0 Å². The van der Waals surface area contributed by atoms with E-state index in [1.54, 1.807) is 0 Å². The number of aliphatic hydroxyl groups is 1. The molecule has 96 valence electrons. The van der Waals surface area contributed by atoms with Gasteiger partial charge in [-0.25, -0.2) is 0 Å². The van der Waals surface area contributed by atoms with E-state index in [-0.39, 0.29) is 23.6 Å². The minimum absolute atomic E-state index is 0.0306. The van der Waals surface area contributed by atoms with Crippen LogP contribution in [-0.2, 0) is 6.18 Å². The Morgan fingerprint density at radius 1 is 1.35 bits per heavy atom. The maximum Gasteiger partial charge on any atom is 0.418 e. The van der Waals surface area contributed by atoms with E-state index in [9.17, 15) is 13.2 Å². The number of nitrogens with two attached hydrogens (primary N) is 2. The minimum Gasteiger partial charge on any atom is -0.399 e. The number of halogens is 3. The molecule has 0 spiro atoms. The van der Waals surface area contributed by atoms with Crippen LogP contribution >= 0.6 is 0 Å². The lowest BCUT2D eigenvalue weighted by atomic mass is 10.1. The molecule has 1 aromatic carbocycles. The molecular formula is C10H14F3N3O. The van der Waals surface area contributed by atoms with E-state index in [2.05, 4.69) is 5.32 Å². The molecule has 1 rings (SSSR count). The highest BCUT2D eigenvalue weighted by atomic mass is 19.4. The van der Waals surface area contributed by atoms with Crippen molar-refractivity contribution in [2.24, 2.45) is 0 Å². The maximum atomic E-state index is 12.7. The normalized spacial score (nSPS) is 13.5. The monoisotopic (exact) mass is 249 g/mol. The van der Waals surface area contributed by atoms with Gasteiger partial charge in [-0.1, -0.05) is 0 Å². The molecule has 4 nitrogen and oxygen atoms in total. The summed E-state index contributed by atoms with van der Waals surface area (Å²) >= 11 is 0. The third-order valence-electron chi connectivity index (χ3n) is 2.07. The van der Waals surface area contributed by atoms with Crippen molar-refractivity contribution in [3.05, 3.63) is 17.7 Å². The summed E-state index contributed by atoms with van der Waals surface area (Å²) in [6.07, 6.45) is -5.34. The summed E-state index contributed by atoms with van der Waals surface area (Å²) in [5.74, 6) is 0. The van der Waals surface area contributed by atoms with Crippen LogP contribution in [0.25, 0.3) is 0 Å². The predicted molar refractivity (Wildman–Crippen MR) is 60.4 cm³/mol. The van der Waals surface area contributed by atoms with Crippen molar-refractivity contribution in [1.29, 1.82) is 0 Å². The molecule has 0 radical (unpaired) electrons. The molecule has 0 heterocycles. The number of hydrogen-bond donors (Lipinski definition) is 4. The predicted octanol–water partition coefficient (Wildman–Crippen LogP) is 1.66. The van der Waals surface area contributed by atoms with E-state index in [1.165, 1.54) is 13.0 Å². The first-order chi connectivity index (χ1) is 7.71. The fourth-order valence-electron chi connectivity index (χ4n) is 1.36. The Labute approximate surface area is 96.4 Å². The van der Waals surface area contributed by atoms with Gasteiger partial charge in [-0.05, 0) is 19.1 Å². The summed E-state index contributed by atoms with van der Waals surface area (Å²) in [7, 11) is 0. The lowest BCUT2D eigenvalue weighted by Crippen LogP contribution is -2.19. The largest absolute Gasteiger partial charge is 0.418 e. The van der Waals surface area contributed by atoms with Gasteiger partial charge in [-0.15, -0.1) is 0 Å². The Morgan fingerprint density at radius 2 is 1.94 bits per heavy atom. The van der Waals surface area contributed by atoms with Gasteiger partial charge in [0, 0.05) is 12.2 Å². The summed E-state index contributed by atoms with van der Waals surface area (Å²) in [6, 6.07) is 2.04. The SMILES string of the molecule is CC(O)CNc1c(N)cc(N)cc1C(F)(F)F. The Balaban J connectivity index is 3.17. The second-order valence-electron chi connectivity index (χ2n) is 3.76. The molecule has 0 saturated heterocycles. The zero-order chi connectivity index (χ0) is 13.2. The highest BCUT2D eigenvalue weighted by Gasteiger charge is 2.34. The maximum absolute atomic E-state index is 12.7. The van der Waals surface area contributed by atoms with Crippen LogP contribution in [0.1, 0.15) is 12.5 Å². The van der Waals surface area contributed by atoms with Crippen molar-refractivity contribution in [2.75, 3.05) is 23.3 Å². The van der Waals surface area contributed by atoms with Crippen LogP contribution in [0, 0.1) is 0 Å². The molecule has 17 heavy (non-hydrogen) atoms. The van der Waals surface area contributed by atoms with Gasteiger partial charge in [0.15, 0.2) is 0 Å². The molecule has 0 amide bonds. The smallest absolute Gasteiger partial charge is 0.399 e. The summed E-state index contributed by atoms with van der Waals surface area (Å²) in [5, 5.41) is 11.5. The number of nitrogen functional groups attached to an aromatic ring is 2. The van der Waals surface area contributed by atoms with Crippen molar-refractivity contribution in [3.8, 4) is 0 Å². The molecule has 0 aliphatic heterocycles. The van der Waals surface area contributed by atoms with Crippen LogP contribution in [0.3, 0.4) is 0 Å². The van der Waals surface area contributed by atoms with E-state index in [1.807, 2.05) is 0 Å². The first-order valence-electron chi connectivity index (χ1n) is 4.90. The highest BCUT2D eigenvalue weighted by Crippen LogP contribution is 2.39. The molecule has 1 unspecified atom stereocenters.